The van der Waals surface area contributed by atoms with Crippen LogP contribution in [0.15, 0.2) is 18.5 Å². The Morgan fingerprint density at radius 2 is 2.22 bits per heavy atom. The van der Waals surface area contributed by atoms with Crippen molar-refractivity contribution in [3.8, 4) is 0 Å². The summed E-state index contributed by atoms with van der Waals surface area (Å²) in [7, 11) is 0. The topological polar surface area (TPSA) is 67.3 Å². The fraction of sp³-hybridized carbons (Fsp3) is 0.562. The molecule has 1 N–H and O–H groups in total. The molecule has 0 aliphatic carbocycles. The lowest BCUT2D eigenvalue weighted by Crippen LogP contribution is -2.42. The van der Waals surface area contributed by atoms with Crippen LogP contribution < -0.4 is 10.2 Å². The molecule has 2 aliphatic rings. The molecular weight excluding hydrogens is 312 g/mol. The number of hydrogen-bond donors (Lipinski definition) is 1. The highest BCUT2D eigenvalue weighted by molar-refractivity contribution is 7.22. The minimum absolute atomic E-state index is 0.0583. The molecule has 1 unspecified atom stereocenters. The predicted octanol–water partition coefficient (Wildman–Crippen LogP) is 1.81. The molecule has 0 saturated carbocycles. The second-order valence-electron chi connectivity index (χ2n) is 6.17. The van der Waals surface area contributed by atoms with Crippen LogP contribution in [-0.4, -0.2) is 48.2 Å². The van der Waals surface area contributed by atoms with E-state index in [0.29, 0.717) is 0 Å². The van der Waals surface area contributed by atoms with Crippen LogP contribution in [0.4, 0.5) is 5.13 Å². The third-order valence-electron chi connectivity index (χ3n) is 4.58. The van der Waals surface area contributed by atoms with Crippen molar-refractivity contribution in [3.63, 3.8) is 0 Å². The second-order valence-corrected chi connectivity index (χ2v) is 7.18. The van der Waals surface area contributed by atoms with E-state index in [1.165, 1.54) is 0 Å². The quantitative estimate of drug-likeness (QED) is 0.928. The smallest absolute Gasteiger partial charge is 0.225 e. The number of carbonyl (C=O) groups excluding carboxylic acids is 1. The van der Waals surface area contributed by atoms with E-state index in [1.807, 2.05) is 6.07 Å². The number of rotatable bonds is 3. The van der Waals surface area contributed by atoms with E-state index >= 15 is 0 Å². The summed E-state index contributed by atoms with van der Waals surface area (Å²) in [6.45, 7) is 3.14. The number of anilines is 1. The van der Waals surface area contributed by atoms with Crippen LogP contribution in [0.2, 0.25) is 0 Å². The van der Waals surface area contributed by atoms with E-state index in [9.17, 15) is 4.79 Å². The molecule has 122 valence electrons. The maximum Gasteiger partial charge on any atom is 0.225 e. The van der Waals surface area contributed by atoms with Gasteiger partial charge in [0, 0.05) is 38.5 Å². The van der Waals surface area contributed by atoms with Gasteiger partial charge in [0.1, 0.15) is 5.52 Å². The Kier molecular flexibility index (Phi) is 4.13. The Hall–Kier alpha value is -1.73. The monoisotopic (exact) mass is 332 g/mol. The summed E-state index contributed by atoms with van der Waals surface area (Å²) in [5.41, 5.74) is 0.933. The van der Waals surface area contributed by atoms with Crippen LogP contribution in [0.5, 0.6) is 0 Å². The first-order chi connectivity index (χ1) is 11.3. The molecule has 2 saturated heterocycles. The molecular formula is C16H20N4O2S. The lowest BCUT2D eigenvalue weighted by molar-refractivity contribution is -0.125. The number of amides is 1. The van der Waals surface area contributed by atoms with Crippen molar-refractivity contribution in [3.05, 3.63) is 18.5 Å². The summed E-state index contributed by atoms with van der Waals surface area (Å²) in [5.74, 6) is 0.241. The highest BCUT2D eigenvalue weighted by atomic mass is 32.1. The average Bonchev–Trinajstić information content (AvgIpc) is 3.22. The van der Waals surface area contributed by atoms with Crippen molar-refractivity contribution in [1.82, 2.24) is 15.3 Å². The minimum Gasteiger partial charge on any atom is -0.381 e. The maximum atomic E-state index is 12.5. The highest BCUT2D eigenvalue weighted by Gasteiger charge is 2.31. The maximum absolute atomic E-state index is 12.5. The van der Waals surface area contributed by atoms with Gasteiger partial charge < -0.3 is 15.0 Å². The molecule has 2 fully saturated rings. The molecule has 7 heteroatoms. The molecule has 6 nitrogen and oxygen atoms in total. The molecule has 2 aromatic heterocycles. The molecule has 2 aromatic rings. The van der Waals surface area contributed by atoms with Gasteiger partial charge in [-0.05, 0) is 25.3 Å². The van der Waals surface area contributed by atoms with Crippen molar-refractivity contribution in [2.24, 2.45) is 5.92 Å². The van der Waals surface area contributed by atoms with Crippen molar-refractivity contribution in [2.75, 3.05) is 31.2 Å². The van der Waals surface area contributed by atoms with Gasteiger partial charge >= 0.3 is 0 Å². The largest absolute Gasteiger partial charge is 0.381 e. The minimum atomic E-state index is 0.0583. The molecule has 0 spiro atoms. The van der Waals surface area contributed by atoms with Crippen molar-refractivity contribution >= 4 is 32.6 Å². The third-order valence-corrected chi connectivity index (χ3v) is 5.67. The van der Waals surface area contributed by atoms with Crippen LogP contribution in [0, 0.1) is 5.92 Å². The van der Waals surface area contributed by atoms with Crippen LogP contribution in [0.1, 0.15) is 19.3 Å². The van der Waals surface area contributed by atoms with E-state index in [0.717, 1.165) is 60.9 Å². The van der Waals surface area contributed by atoms with Crippen molar-refractivity contribution < 1.29 is 9.53 Å². The number of thiazole rings is 1. The fourth-order valence-corrected chi connectivity index (χ4v) is 4.18. The normalized spacial score (nSPS) is 22.6. The number of ether oxygens (including phenoxy) is 1. The summed E-state index contributed by atoms with van der Waals surface area (Å²) >= 11 is 1.67. The van der Waals surface area contributed by atoms with Crippen LogP contribution >= 0.6 is 11.3 Å². The zero-order valence-electron chi connectivity index (χ0n) is 12.9. The van der Waals surface area contributed by atoms with Crippen LogP contribution in [-0.2, 0) is 9.53 Å². The van der Waals surface area contributed by atoms with Gasteiger partial charge in [0.2, 0.25) is 5.91 Å². The molecule has 1 atom stereocenters. The Labute approximate surface area is 138 Å². The molecule has 0 radical (unpaired) electrons. The molecule has 2 aliphatic heterocycles. The van der Waals surface area contributed by atoms with Crippen LogP contribution in [0.25, 0.3) is 10.2 Å². The Balaban J connectivity index is 1.39. The average molecular weight is 332 g/mol. The summed E-state index contributed by atoms with van der Waals surface area (Å²) in [6, 6.07) is 2.26. The number of fused-ring (bicyclic) bond motifs is 1. The lowest BCUT2D eigenvalue weighted by atomic mass is 10.1. The number of aromatic nitrogens is 2. The molecule has 1 amide bonds. The number of carbonyl (C=O) groups is 1. The van der Waals surface area contributed by atoms with Crippen LogP contribution in [0.3, 0.4) is 0 Å². The molecule has 0 bridgehead atoms. The van der Waals surface area contributed by atoms with Gasteiger partial charge in [-0.1, -0.05) is 11.3 Å². The van der Waals surface area contributed by atoms with E-state index in [-0.39, 0.29) is 17.9 Å². The van der Waals surface area contributed by atoms with Crippen molar-refractivity contribution in [2.45, 2.75) is 25.3 Å². The summed E-state index contributed by atoms with van der Waals surface area (Å²) in [5, 5.41) is 4.18. The standard InChI is InChI=1S/C16H20N4O2S/c21-15(18-12-3-7-22-8-4-12)11-2-6-20(10-11)16-19-13-9-17-5-1-14(13)23-16/h1,5,9,11-12H,2-4,6-8,10H2,(H,18,21). The molecule has 23 heavy (non-hydrogen) atoms. The van der Waals surface area contributed by atoms with E-state index in [2.05, 4.69) is 20.2 Å². The van der Waals surface area contributed by atoms with E-state index < -0.39 is 0 Å². The molecule has 0 aromatic carbocycles. The summed E-state index contributed by atoms with van der Waals surface area (Å²) in [4.78, 5) is 23.4. The first-order valence-corrected chi connectivity index (χ1v) is 8.95. The van der Waals surface area contributed by atoms with Gasteiger partial charge in [-0.3, -0.25) is 9.78 Å². The van der Waals surface area contributed by atoms with Crippen molar-refractivity contribution in [1.29, 1.82) is 0 Å². The van der Waals surface area contributed by atoms with Gasteiger partial charge in [-0.15, -0.1) is 0 Å². The fourth-order valence-electron chi connectivity index (χ4n) is 3.21. The Morgan fingerprint density at radius 1 is 1.35 bits per heavy atom. The Bertz CT molecular complexity index is 665. The van der Waals surface area contributed by atoms with Gasteiger partial charge in [-0.25, -0.2) is 4.98 Å². The predicted molar refractivity (Wildman–Crippen MR) is 89.7 cm³/mol. The Morgan fingerprint density at radius 3 is 3.04 bits per heavy atom. The summed E-state index contributed by atoms with van der Waals surface area (Å²) in [6.07, 6.45) is 6.32. The van der Waals surface area contributed by atoms with Gasteiger partial charge in [-0.2, -0.15) is 0 Å². The number of hydrogen-bond acceptors (Lipinski definition) is 6. The van der Waals surface area contributed by atoms with Gasteiger partial charge in [0.25, 0.3) is 0 Å². The highest BCUT2D eigenvalue weighted by Crippen LogP contribution is 2.31. The second kappa shape index (κ2) is 6.41. The SMILES string of the molecule is O=C(NC1CCOCC1)C1CCN(c2nc3cnccc3s2)C1. The molecule has 4 heterocycles. The van der Waals surface area contributed by atoms with Gasteiger partial charge in [0.05, 0.1) is 16.8 Å². The third kappa shape index (κ3) is 3.16. The first kappa shape index (κ1) is 14.8. The lowest BCUT2D eigenvalue weighted by Gasteiger charge is -2.24. The number of pyridine rings is 1. The number of nitrogens with zero attached hydrogens (tertiary/aromatic N) is 3. The molecule has 4 rings (SSSR count). The van der Waals surface area contributed by atoms with E-state index in [1.54, 1.807) is 23.7 Å². The zero-order valence-corrected chi connectivity index (χ0v) is 13.7. The zero-order chi connectivity index (χ0) is 15.6. The number of nitrogens with one attached hydrogen (secondary N) is 1. The van der Waals surface area contributed by atoms with E-state index in [4.69, 9.17) is 4.74 Å². The van der Waals surface area contributed by atoms with Gasteiger partial charge in [0.15, 0.2) is 5.13 Å². The first-order valence-electron chi connectivity index (χ1n) is 8.13. The summed E-state index contributed by atoms with van der Waals surface area (Å²) < 4.78 is 6.48.